The lowest BCUT2D eigenvalue weighted by molar-refractivity contribution is -0.136. The summed E-state index contributed by atoms with van der Waals surface area (Å²) >= 11 is 5.82. The van der Waals surface area contributed by atoms with Crippen LogP contribution in [0, 0.1) is 5.82 Å². The van der Waals surface area contributed by atoms with Crippen LogP contribution < -0.4 is 10.6 Å². The summed E-state index contributed by atoms with van der Waals surface area (Å²) in [6, 6.07) is 17.3. The molecule has 0 aliphatic rings. The van der Waals surface area contributed by atoms with Gasteiger partial charge < -0.3 is 20.5 Å². The molecule has 0 aliphatic carbocycles. The molecule has 0 bridgehead atoms. The number of hydrogen-bond donors (Lipinski definition) is 3. The van der Waals surface area contributed by atoms with Crippen LogP contribution in [0.3, 0.4) is 0 Å². The number of halogens is 2. The van der Waals surface area contributed by atoms with Crippen molar-refractivity contribution in [1.29, 1.82) is 0 Å². The van der Waals surface area contributed by atoms with Crippen molar-refractivity contribution >= 4 is 23.4 Å². The number of aliphatic hydroxyl groups is 1. The van der Waals surface area contributed by atoms with E-state index in [4.69, 9.17) is 16.3 Å². The van der Waals surface area contributed by atoms with Gasteiger partial charge in [0.1, 0.15) is 11.9 Å². The summed E-state index contributed by atoms with van der Waals surface area (Å²) in [5.41, 5.74) is 2.10. The highest BCUT2D eigenvalue weighted by molar-refractivity contribution is 6.30. The van der Waals surface area contributed by atoms with E-state index in [9.17, 15) is 19.1 Å². The van der Waals surface area contributed by atoms with Crippen LogP contribution in [-0.4, -0.2) is 40.2 Å². The van der Waals surface area contributed by atoms with Gasteiger partial charge in [-0.2, -0.15) is 0 Å². The maximum absolute atomic E-state index is 13.3. The highest BCUT2D eigenvalue weighted by atomic mass is 35.5. The quantitative estimate of drug-likeness (QED) is 0.376. The molecule has 1 aromatic heterocycles. The Hall–Kier alpha value is -3.33. The van der Waals surface area contributed by atoms with E-state index in [1.165, 1.54) is 30.5 Å². The maximum Gasteiger partial charge on any atom is 0.251 e. The topological polar surface area (TPSA) is 101 Å². The Labute approximate surface area is 208 Å². The third-order valence-electron chi connectivity index (χ3n) is 5.29. The van der Waals surface area contributed by atoms with Crippen molar-refractivity contribution in [3.05, 3.63) is 101 Å². The molecular weight excluding hydrogens is 473 g/mol. The highest BCUT2D eigenvalue weighted by Gasteiger charge is 2.29. The lowest BCUT2D eigenvalue weighted by atomic mass is 10.00. The minimum absolute atomic E-state index is 0.0703. The molecule has 3 N–H and O–H groups in total. The third-order valence-corrected chi connectivity index (χ3v) is 5.51. The van der Waals surface area contributed by atoms with Gasteiger partial charge in [-0.1, -0.05) is 54.1 Å². The monoisotopic (exact) mass is 499 g/mol. The van der Waals surface area contributed by atoms with E-state index >= 15 is 0 Å². The molecule has 9 heteroatoms. The Morgan fingerprint density at radius 2 is 1.74 bits per heavy atom. The number of aromatic nitrogens is 1. The van der Waals surface area contributed by atoms with Gasteiger partial charge in [0.25, 0.3) is 5.91 Å². The highest BCUT2D eigenvalue weighted by Crippen LogP contribution is 2.11. The minimum Gasteiger partial charge on any atom is -0.381 e. The summed E-state index contributed by atoms with van der Waals surface area (Å²) in [5.74, 6) is -1.59. The Morgan fingerprint density at radius 3 is 2.40 bits per heavy atom. The second kappa shape index (κ2) is 12.9. The third kappa shape index (κ3) is 8.43. The normalized spacial score (nSPS) is 13.5. The second-order valence-corrected chi connectivity index (χ2v) is 8.45. The van der Waals surface area contributed by atoms with Crippen molar-refractivity contribution in [3.8, 4) is 0 Å². The van der Waals surface area contributed by atoms with Crippen LogP contribution in [0.1, 0.15) is 23.7 Å². The van der Waals surface area contributed by atoms with Gasteiger partial charge in [-0.05, 0) is 48.7 Å². The van der Waals surface area contributed by atoms with Crippen LogP contribution in [0.4, 0.5) is 4.39 Å². The first-order valence-electron chi connectivity index (χ1n) is 11.1. The Morgan fingerprint density at radius 1 is 1.03 bits per heavy atom. The van der Waals surface area contributed by atoms with Crippen molar-refractivity contribution in [2.24, 2.45) is 0 Å². The van der Waals surface area contributed by atoms with Crippen molar-refractivity contribution < 1.29 is 23.8 Å². The van der Waals surface area contributed by atoms with Gasteiger partial charge >= 0.3 is 0 Å². The van der Waals surface area contributed by atoms with E-state index in [0.29, 0.717) is 16.3 Å². The second-order valence-electron chi connectivity index (χ2n) is 8.01. The number of carbonyl (C=O) groups excluding carboxylic acids is 2. The van der Waals surface area contributed by atoms with Crippen LogP contribution in [0.15, 0.2) is 72.9 Å². The molecule has 7 nitrogen and oxygen atoms in total. The Balaban J connectivity index is 1.64. The van der Waals surface area contributed by atoms with Gasteiger partial charge in [-0.15, -0.1) is 0 Å². The molecule has 0 saturated heterocycles. The van der Waals surface area contributed by atoms with Gasteiger partial charge in [0, 0.05) is 6.20 Å². The van der Waals surface area contributed by atoms with Crippen LogP contribution >= 0.6 is 11.6 Å². The van der Waals surface area contributed by atoms with Crippen molar-refractivity contribution in [2.45, 2.75) is 44.7 Å². The van der Waals surface area contributed by atoms with Crippen LogP contribution in [-0.2, 0) is 33.9 Å². The van der Waals surface area contributed by atoms with E-state index in [-0.39, 0.29) is 19.6 Å². The maximum atomic E-state index is 13.3. The molecule has 1 heterocycles. The van der Waals surface area contributed by atoms with Gasteiger partial charge in [0.15, 0.2) is 6.10 Å². The van der Waals surface area contributed by atoms with E-state index in [1.807, 2.05) is 30.3 Å². The number of ether oxygens (including phenoxy) is 1. The van der Waals surface area contributed by atoms with E-state index in [1.54, 1.807) is 19.1 Å². The summed E-state index contributed by atoms with van der Waals surface area (Å²) in [5, 5.41) is 16.5. The summed E-state index contributed by atoms with van der Waals surface area (Å²) in [4.78, 5) is 29.6. The smallest absolute Gasteiger partial charge is 0.251 e. The molecular formula is C26H27ClFN3O4. The number of nitrogens with zero attached hydrogens (tertiary/aromatic N) is 1. The number of pyridine rings is 1. The standard InChI is InChI=1S/C26H27ClFN3O4/c1-17(35-16-19-5-3-2-4-6-19)25(33)31-23(13-18-7-10-21(28)11-8-18)24(32)26(34)30-15-22-12-9-20(27)14-29-22/h2-12,14,17,23-24,32H,13,15-16H2,1H3,(H,30,34)(H,31,33). The molecule has 184 valence electrons. The molecule has 3 rings (SSSR count). The molecule has 0 saturated carbocycles. The predicted octanol–water partition coefficient (Wildman–Crippen LogP) is 3.18. The molecule has 0 fully saturated rings. The van der Waals surface area contributed by atoms with Crippen molar-refractivity contribution in [1.82, 2.24) is 15.6 Å². The fourth-order valence-electron chi connectivity index (χ4n) is 3.26. The van der Waals surface area contributed by atoms with Crippen LogP contribution in [0.5, 0.6) is 0 Å². The Kier molecular flexibility index (Phi) is 9.72. The summed E-state index contributed by atoms with van der Waals surface area (Å²) in [6.07, 6.45) is -0.851. The average Bonchev–Trinajstić information content (AvgIpc) is 2.87. The number of benzene rings is 2. The summed E-state index contributed by atoms with van der Waals surface area (Å²) in [7, 11) is 0. The molecule has 2 aromatic carbocycles. The Bertz CT molecular complexity index is 1100. The molecule has 35 heavy (non-hydrogen) atoms. The number of rotatable bonds is 11. The van der Waals surface area contributed by atoms with E-state index in [2.05, 4.69) is 15.6 Å². The summed E-state index contributed by atoms with van der Waals surface area (Å²) in [6.45, 7) is 1.89. The van der Waals surface area contributed by atoms with Gasteiger partial charge in [-0.25, -0.2) is 4.39 Å². The predicted molar refractivity (Wildman–Crippen MR) is 130 cm³/mol. The minimum atomic E-state index is -1.57. The van der Waals surface area contributed by atoms with Crippen molar-refractivity contribution in [2.75, 3.05) is 0 Å². The number of aliphatic hydroxyl groups excluding tert-OH is 1. The van der Waals surface area contributed by atoms with Crippen LogP contribution in [0.25, 0.3) is 0 Å². The van der Waals surface area contributed by atoms with Gasteiger partial charge in [0.2, 0.25) is 5.91 Å². The SMILES string of the molecule is CC(OCc1ccccc1)C(=O)NC(Cc1ccc(F)cc1)C(O)C(=O)NCc1ccc(Cl)cn1. The first-order valence-corrected chi connectivity index (χ1v) is 11.5. The van der Waals surface area contributed by atoms with E-state index in [0.717, 1.165) is 5.56 Å². The molecule has 3 aromatic rings. The number of nitrogens with one attached hydrogen (secondary N) is 2. The zero-order valence-corrected chi connectivity index (χ0v) is 19.9. The van der Waals surface area contributed by atoms with Gasteiger partial charge in [0.05, 0.1) is 29.9 Å². The zero-order valence-electron chi connectivity index (χ0n) is 19.2. The van der Waals surface area contributed by atoms with Crippen LogP contribution in [0.2, 0.25) is 5.02 Å². The van der Waals surface area contributed by atoms with E-state index < -0.39 is 35.9 Å². The average molecular weight is 500 g/mol. The molecule has 0 radical (unpaired) electrons. The van der Waals surface area contributed by atoms with Crippen molar-refractivity contribution in [3.63, 3.8) is 0 Å². The number of hydrogen-bond acceptors (Lipinski definition) is 5. The number of carbonyl (C=O) groups is 2. The molecule has 2 amide bonds. The molecule has 3 atom stereocenters. The molecule has 3 unspecified atom stereocenters. The lowest BCUT2D eigenvalue weighted by Crippen LogP contribution is -2.53. The fraction of sp³-hybridized carbons (Fsp3) is 0.269. The molecule has 0 aliphatic heterocycles. The fourth-order valence-corrected chi connectivity index (χ4v) is 3.38. The number of amides is 2. The summed E-state index contributed by atoms with van der Waals surface area (Å²) < 4.78 is 19.0. The lowest BCUT2D eigenvalue weighted by Gasteiger charge is -2.25. The first-order chi connectivity index (χ1) is 16.8. The first kappa shape index (κ1) is 26.3. The zero-order chi connectivity index (χ0) is 25.2. The molecule has 0 spiro atoms. The largest absolute Gasteiger partial charge is 0.381 e. The van der Waals surface area contributed by atoms with Gasteiger partial charge in [-0.3, -0.25) is 14.6 Å².